The first-order chi connectivity index (χ1) is 66.9. The number of nitrogens with zero attached hydrogens (tertiary/aromatic N) is 6. The van der Waals surface area contributed by atoms with Gasteiger partial charge in [-0.3, -0.25) is 15.0 Å². The third kappa shape index (κ3) is 16.7. The predicted octanol–water partition coefficient (Wildman–Crippen LogP) is 35.2. The summed E-state index contributed by atoms with van der Waals surface area (Å²) in [6.45, 7) is 9.37. The summed E-state index contributed by atoms with van der Waals surface area (Å²) in [5, 5.41) is 2.27. The summed E-state index contributed by atoms with van der Waals surface area (Å²) >= 11 is 0. The van der Waals surface area contributed by atoms with Gasteiger partial charge >= 0.3 is 0 Å². The van der Waals surface area contributed by atoms with Gasteiger partial charge in [0.15, 0.2) is 0 Å². The van der Waals surface area contributed by atoms with E-state index in [1.165, 1.54) is 100 Å². The van der Waals surface area contributed by atoms with E-state index in [0.29, 0.717) is 0 Å². The molecule has 4 aromatic heterocycles. The monoisotopic (exact) mass is 1740 g/mol. The number of furan rings is 1. The molecule has 4 heterocycles. The number of aromatic nitrogens is 3. The van der Waals surface area contributed by atoms with E-state index in [-0.39, 0.29) is 10.8 Å². The van der Waals surface area contributed by atoms with E-state index in [2.05, 4.69) is 488 Å². The molecule has 0 saturated heterocycles. The van der Waals surface area contributed by atoms with Crippen molar-refractivity contribution >= 4 is 73.1 Å². The van der Waals surface area contributed by atoms with E-state index in [4.69, 9.17) is 4.42 Å². The van der Waals surface area contributed by atoms with Crippen molar-refractivity contribution in [1.82, 2.24) is 15.0 Å². The van der Waals surface area contributed by atoms with Crippen LogP contribution in [0.4, 0.5) is 51.2 Å². The van der Waals surface area contributed by atoms with Gasteiger partial charge in [0, 0.05) is 114 Å². The van der Waals surface area contributed by atoms with E-state index < -0.39 is 0 Å². The van der Waals surface area contributed by atoms with Gasteiger partial charge in [0.2, 0.25) is 0 Å². The predicted molar refractivity (Wildman–Crippen MR) is 568 cm³/mol. The Kier molecular flexibility index (Phi) is 22.7. The number of rotatable bonds is 18. The summed E-state index contributed by atoms with van der Waals surface area (Å²) in [6.07, 6.45) is 5.52. The minimum atomic E-state index is -0.0997. The molecule has 0 radical (unpaired) electrons. The summed E-state index contributed by atoms with van der Waals surface area (Å²) in [7, 11) is 0. The second kappa shape index (κ2) is 36.7. The zero-order chi connectivity index (χ0) is 91.5. The van der Waals surface area contributed by atoms with Gasteiger partial charge in [-0.15, -0.1) is 0 Å². The third-order valence-electron chi connectivity index (χ3n) is 26.8. The van der Waals surface area contributed by atoms with Crippen LogP contribution in [-0.2, 0) is 10.8 Å². The Bertz CT molecular complexity index is 7840. The molecule has 0 fully saturated rings. The van der Waals surface area contributed by atoms with Crippen LogP contribution in [0, 0.1) is 0 Å². The lowest BCUT2D eigenvalue weighted by atomic mass is 9.82. The van der Waals surface area contributed by atoms with Gasteiger partial charge in [-0.1, -0.05) is 361 Å². The molecule has 0 bridgehead atoms. The fourth-order valence-corrected chi connectivity index (χ4v) is 19.8. The van der Waals surface area contributed by atoms with Crippen LogP contribution < -0.4 is 14.7 Å². The Morgan fingerprint density at radius 2 is 0.449 bits per heavy atom. The van der Waals surface area contributed by atoms with E-state index >= 15 is 0 Å². The lowest BCUT2D eigenvalue weighted by molar-refractivity contribution is 0.660. The Labute approximate surface area is 795 Å². The van der Waals surface area contributed by atoms with E-state index in [1.54, 1.807) is 0 Å². The molecule has 2 aliphatic carbocycles. The molecule has 0 aliphatic heterocycles. The number of benzene rings is 18. The van der Waals surface area contributed by atoms with Crippen LogP contribution in [0.1, 0.15) is 49.9 Å². The number of para-hydroxylation sites is 2. The maximum absolute atomic E-state index is 6.33. The smallest absolute Gasteiger partial charge is 0.143 e. The number of pyridine rings is 3. The number of anilines is 9. The van der Waals surface area contributed by atoms with Crippen molar-refractivity contribution in [2.45, 2.75) is 38.5 Å². The summed E-state index contributed by atoms with van der Waals surface area (Å²) in [5.41, 5.74) is 42.7. The molecule has 0 amide bonds. The molecule has 0 N–H and O–H groups in total. The lowest BCUT2D eigenvalue weighted by Crippen LogP contribution is -2.16. The second-order valence-corrected chi connectivity index (χ2v) is 35.8. The van der Waals surface area contributed by atoms with Crippen molar-refractivity contribution < 1.29 is 4.42 Å². The standard InChI is InChI=1S/2C44H34N2.C41H28N2O/c1-44(2)41-18-10-9-17-39(41)40-25-24-37(30-42(40)44)46(36-22-20-33(21-23-36)43-19-11-12-26-45-43)38-28-34(31-13-5-3-6-14-31)27-35(29-38)32-15-7-4-8-16-32;1-44(2)41-13-7-6-12-39(41)40-28-27-38(30-42(40)44)46(37-25-21-35(22-26-37)43-14-8-9-29-45-43)36-23-19-34(20-24-36)33-17-15-32(16-18-33)31-10-4-3-5-11-31;1-2-9-29(10-3-1)30-16-22-33(23-17-30)43(35-26-20-32(21-27-35)39-14-6-7-28-42-39)34-24-18-31(19-25-34)36-12-8-13-38-37-11-4-5-15-40(37)44-41(36)38/h2*3-30H,1-2H3;1-28H. The highest BCUT2D eigenvalue weighted by Crippen LogP contribution is 2.54. The third-order valence-corrected chi connectivity index (χ3v) is 26.8. The van der Waals surface area contributed by atoms with Crippen LogP contribution in [0.3, 0.4) is 0 Å². The average molecular weight is 1750 g/mol. The number of fused-ring (bicyclic) bond motifs is 9. The van der Waals surface area contributed by atoms with Crippen LogP contribution in [0.15, 0.2) is 514 Å². The minimum absolute atomic E-state index is 0.0772. The molecule has 136 heavy (non-hydrogen) atoms. The SMILES string of the molecule is CC1(C)c2ccccc2-c2ccc(N(c3ccc(-c4ccc(-c5ccccc5)cc4)cc3)c3ccc(-c4ccccn4)cc3)cc21.CC1(C)c2ccccc2-c2ccc(N(c3ccc(-c4ccccn4)cc3)c3cc(-c4ccccc4)cc(-c4ccccc4)c3)cc21.c1ccc(-c2ccc(N(c3ccc(-c4ccccn4)cc3)c3ccc(-c4cccc5c4oc4ccccc45)cc3)cc2)cc1. The first-order valence-corrected chi connectivity index (χ1v) is 46.6. The van der Waals surface area contributed by atoms with Gasteiger partial charge < -0.3 is 19.1 Å². The molecular formula is C129H96N6O. The lowest BCUT2D eigenvalue weighted by Gasteiger charge is -2.29. The Morgan fingerprint density at radius 3 is 0.824 bits per heavy atom. The Morgan fingerprint density at radius 1 is 0.176 bits per heavy atom. The van der Waals surface area contributed by atoms with Crippen molar-refractivity contribution in [3.8, 4) is 123 Å². The van der Waals surface area contributed by atoms with E-state index in [9.17, 15) is 0 Å². The van der Waals surface area contributed by atoms with Gasteiger partial charge in [0.25, 0.3) is 0 Å². The van der Waals surface area contributed by atoms with Gasteiger partial charge in [-0.05, 0) is 263 Å². The minimum Gasteiger partial charge on any atom is -0.455 e. The zero-order valence-corrected chi connectivity index (χ0v) is 76.1. The second-order valence-electron chi connectivity index (χ2n) is 35.8. The quantitative estimate of drug-likeness (QED) is 0.0848. The average Bonchev–Trinajstić information content (AvgIpc) is 1.58. The maximum Gasteiger partial charge on any atom is 0.143 e. The highest BCUT2D eigenvalue weighted by Gasteiger charge is 2.38. The van der Waals surface area contributed by atoms with Crippen LogP contribution in [0.5, 0.6) is 0 Å². The molecule has 0 unspecified atom stereocenters. The van der Waals surface area contributed by atoms with E-state index in [0.717, 1.165) is 118 Å². The molecule has 2 aliphatic rings. The molecule has 0 atom stereocenters. The van der Waals surface area contributed by atoms with Crippen LogP contribution in [0.25, 0.3) is 145 Å². The molecule has 22 aromatic rings. The van der Waals surface area contributed by atoms with Crippen molar-refractivity contribution in [2.75, 3.05) is 14.7 Å². The van der Waals surface area contributed by atoms with Crippen LogP contribution >= 0.6 is 0 Å². The van der Waals surface area contributed by atoms with Crippen molar-refractivity contribution in [2.24, 2.45) is 0 Å². The highest BCUT2D eigenvalue weighted by atomic mass is 16.3. The first-order valence-electron chi connectivity index (χ1n) is 46.6. The van der Waals surface area contributed by atoms with Gasteiger partial charge in [0.05, 0.1) is 17.1 Å². The Balaban J connectivity index is 0.000000118. The summed E-state index contributed by atoms with van der Waals surface area (Å²) in [5.74, 6) is 0. The molecule has 7 nitrogen and oxygen atoms in total. The molecule has 0 saturated carbocycles. The largest absolute Gasteiger partial charge is 0.455 e. The molecule has 648 valence electrons. The van der Waals surface area contributed by atoms with E-state index in [1.807, 2.05) is 79.3 Å². The zero-order valence-electron chi connectivity index (χ0n) is 76.1. The molecular weight excluding hydrogens is 1650 g/mol. The summed E-state index contributed by atoms with van der Waals surface area (Å²) in [4.78, 5) is 20.7. The van der Waals surface area contributed by atoms with Gasteiger partial charge in [-0.2, -0.15) is 0 Å². The van der Waals surface area contributed by atoms with Gasteiger partial charge in [-0.25, -0.2) is 0 Å². The van der Waals surface area contributed by atoms with Crippen molar-refractivity contribution in [1.29, 1.82) is 0 Å². The van der Waals surface area contributed by atoms with Crippen molar-refractivity contribution in [3.05, 3.63) is 532 Å². The summed E-state index contributed by atoms with van der Waals surface area (Å²) < 4.78 is 6.33. The molecule has 18 aromatic carbocycles. The number of hydrogen-bond acceptors (Lipinski definition) is 7. The molecule has 24 rings (SSSR count). The Hall–Kier alpha value is -17.4. The fourth-order valence-electron chi connectivity index (χ4n) is 19.8. The maximum atomic E-state index is 6.33. The summed E-state index contributed by atoms with van der Waals surface area (Å²) in [6, 6.07) is 175. The van der Waals surface area contributed by atoms with Gasteiger partial charge in [0.1, 0.15) is 11.2 Å². The number of hydrogen-bond donors (Lipinski definition) is 0. The van der Waals surface area contributed by atoms with Crippen LogP contribution in [-0.4, -0.2) is 15.0 Å². The highest BCUT2D eigenvalue weighted by molar-refractivity contribution is 6.10. The van der Waals surface area contributed by atoms with Crippen molar-refractivity contribution in [3.63, 3.8) is 0 Å². The van der Waals surface area contributed by atoms with Crippen LogP contribution in [0.2, 0.25) is 0 Å². The fraction of sp³-hybridized carbons (Fsp3) is 0.0465. The normalized spacial score (nSPS) is 12.2. The molecule has 0 spiro atoms. The molecule has 7 heteroatoms. The first kappa shape index (κ1) is 84.2. The topological polar surface area (TPSA) is 61.5 Å².